The predicted molar refractivity (Wildman–Crippen MR) is 516 cm³/mol. The Balaban J connectivity index is 0.000000187. The third-order valence-corrected chi connectivity index (χ3v) is 25.8. The molecule has 139 heavy (non-hydrogen) atoms. The molecule has 15 rings (SSSR count). The number of aliphatic hydroxyl groups is 2. The van der Waals surface area contributed by atoms with Crippen LogP contribution < -0.4 is 41.9 Å². The lowest BCUT2D eigenvalue weighted by Crippen LogP contribution is -2.48. The second-order valence-electron chi connectivity index (χ2n) is 33.3. The van der Waals surface area contributed by atoms with E-state index < -0.39 is 51.8 Å². The number of nitrogens with zero attached hydrogens (tertiary/aromatic N) is 13. The lowest BCUT2D eigenvalue weighted by molar-refractivity contribution is -0.141. The minimum absolute atomic E-state index is 0.0375. The number of methoxy groups -OCH3 is 2. The number of aryl methyl sites for hydroxylation is 3. The van der Waals surface area contributed by atoms with Gasteiger partial charge in [-0.15, -0.1) is 43.1 Å². The average Bonchev–Trinajstić information content (AvgIpc) is 1.59. The molecule has 2 fully saturated rings. The molecule has 2 aliphatic heterocycles. The number of likely N-dealkylation sites (tertiary alicyclic amines) is 2. The third kappa shape index (κ3) is 28.2. The molecule has 2 unspecified atom stereocenters. The number of aliphatic hydroxyl groups excluding tert-OH is 2. The fourth-order valence-electron chi connectivity index (χ4n) is 15.5. The number of thiazole rings is 2. The summed E-state index contributed by atoms with van der Waals surface area (Å²) in [5, 5.41) is 58.6. The lowest BCUT2D eigenvalue weighted by Gasteiger charge is -2.28. The molecule has 39 nitrogen and oxygen atoms in total. The molecule has 42 heteroatoms. The minimum Gasteiger partial charge on any atom is -0.473 e. The zero-order valence-electron chi connectivity index (χ0n) is 78.4. The molecule has 736 valence electrons. The summed E-state index contributed by atoms with van der Waals surface area (Å²) in [6.45, 7) is 17.9. The van der Waals surface area contributed by atoms with Crippen molar-refractivity contribution in [2.45, 2.75) is 129 Å². The summed E-state index contributed by atoms with van der Waals surface area (Å²) in [6, 6.07) is 42.2. The quantitative estimate of drug-likeness (QED) is 0.0106. The molecule has 5 aromatic carbocycles. The summed E-state index contributed by atoms with van der Waals surface area (Å²) in [6.07, 6.45) is 5.82. The Morgan fingerprint density at radius 1 is 0.532 bits per heavy atom. The highest BCUT2D eigenvalue weighted by atomic mass is 32.2. The topological polar surface area (TPSA) is 503 Å². The number of carbonyl (C=O) groups is 4. The SMILES string of the molecule is COCOc1ccccc1-c1cc(-c2cnn(CCOCCOCCOS(=O)(=O)c3ccc(C)cc3)c2)c(N)nn1.COCOc1ccccc1-c1cc(-c2cnn(CCOCCOCCOc3cc(C(C(=O)N4C[C@H](O)C[C@H]4C(=O)NCc4ccc(-c5scnc5C)cc4)C(C)C)on3)c2)c(N)nn1.Cc1ncsc1-c1ccc(CNC(=O)[C@@H]2C[C@@H](O)CN2C(=O)C(c2cc(=O)[nH]o2)C(C)C)cc1. The van der Waals surface area contributed by atoms with E-state index in [0.29, 0.717) is 99.0 Å². The molecule has 0 aliphatic carbocycles. The number of benzene rings is 5. The summed E-state index contributed by atoms with van der Waals surface area (Å²) in [7, 11) is -0.682. The number of carbonyl (C=O) groups excluding carboxylic acids is 4. The number of H-pyrrole nitrogens is 1. The molecule has 0 spiro atoms. The molecule has 4 amide bonds. The van der Waals surface area contributed by atoms with E-state index in [9.17, 15) is 42.6 Å². The first-order valence-corrected chi connectivity index (χ1v) is 48.2. The van der Waals surface area contributed by atoms with Crippen LogP contribution in [0.5, 0.6) is 17.4 Å². The van der Waals surface area contributed by atoms with Gasteiger partial charge >= 0.3 is 0 Å². The maximum atomic E-state index is 14.0. The fourth-order valence-corrected chi connectivity index (χ4v) is 18.0. The van der Waals surface area contributed by atoms with Crippen LogP contribution in [-0.2, 0) is 88.1 Å². The van der Waals surface area contributed by atoms with Gasteiger partial charge < -0.3 is 93.8 Å². The Morgan fingerprint density at radius 2 is 0.978 bits per heavy atom. The van der Waals surface area contributed by atoms with Gasteiger partial charge in [0, 0.05) is 111 Å². The van der Waals surface area contributed by atoms with Crippen molar-refractivity contribution in [1.29, 1.82) is 0 Å². The number of hydrogen-bond donors (Lipinski definition) is 7. The summed E-state index contributed by atoms with van der Waals surface area (Å²) >= 11 is 3.16. The van der Waals surface area contributed by atoms with Crippen molar-refractivity contribution in [2.24, 2.45) is 11.8 Å². The normalized spacial score (nSPS) is 15.1. The van der Waals surface area contributed by atoms with Gasteiger partial charge in [-0.1, -0.05) is 118 Å². The number of nitrogens with two attached hydrogens (primary N) is 2. The third-order valence-electron chi connectivity index (χ3n) is 22.6. The highest BCUT2D eigenvalue weighted by molar-refractivity contribution is 7.86. The van der Waals surface area contributed by atoms with Crippen LogP contribution in [0, 0.1) is 32.6 Å². The number of nitrogen functional groups attached to an aromatic ring is 2. The molecule has 0 bridgehead atoms. The van der Waals surface area contributed by atoms with Gasteiger partial charge in [0.25, 0.3) is 21.6 Å². The van der Waals surface area contributed by atoms with E-state index in [1.165, 1.54) is 28.0 Å². The van der Waals surface area contributed by atoms with Gasteiger partial charge in [0.15, 0.2) is 36.7 Å². The van der Waals surface area contributed by atoms with Crippen LogP contribution in [0.2, 0.25) is 0 Å². The number of β-amino-alcohol motifs (C(OH)–C–C–N with tert-alkyl or cyclic N) is 2. The molecule has 13 aromatic rings. The maximum absolute atomic E-state index is 14.0. The van der Waals surface area contributed by atoms with Crippen LogP contribution in [-0.4, -0.2) is 244 Å². The van der Waals surface area contributed by atoms with Crippen molar-refractivity contribution >= 4 is 68.1 Å². The van der Waals surface area contributed by atoms with E-state index in [1.807, 2.05) is 181 Å². The summed E-state index contributed by atoms with van der Waals surface area (Å²) in [5.41, 5.74) is 28.1. The van der Waals surface area contributed by atoms with Crippen LogP contribution in [0.1, 0.15) is 92.0 Å². The van der Waals surface area contributed by atoms with E-state index in [1.54, 1.807) is 76.8 Å². The van der Waals surface area contributed by atoms with Crippen molar-refractivity contribution in [3.8, 4) is 83.0 Å². The number of hydrogen-bond acceptors (Lipinski definition) is 34. The first-order chi connectivity index (χ1) is 67.2. The smallest absolute Gasteiger partial charge is 0.297 e. The zero-order valence-corrected chi connectivity index (χ0v) is 80.9. The van der Waals surface area contributed by atoms with E-state index in [4.69, 9.17) is 67.3 Å². The number of amides is 4. The summed E-state index contributed by atoms with van der Waals surface area (Å²) in [5.74, 6) is -0.641. The van der Waals surface area contributed by atoms with Gasteiger partial charge in [-0.2, -0.15) is 23.8 Å². The number of anilines is 2. The van der Waals surface area contributed by atoms with Crippen LogP contribution in [0.15, 0.2) is 200 Å². The van der Waals surface area contributed by atoms with Crippen molar-refractivity contribution in [1.82, 2.24) is 80.7 Å². The number of nitrogens with one attached hydrogen (secondary N) is 3. The summed E-state index contributed by atoms with van der Waals surface area (Å²) in [4.78, 5) is 79.1. The Labute approximate surface area is 810 Å². The highest BCUT2D eigenvalue weighted by Crippen LogP contribution is 2.39. The van der Waals surface area contributed by atoms with E-state index in [0.717, 1.165) is 71.2 Å². The second-order valence-corrected chi connectivity index (χ2v) is 36.6. The Morgan fingerprint density at radius 3 is 1.42 bits per heavy atom. The summed E-state index contributed by atoms with van der Waals surface area (Å²) < 4.78 is 93.3. The molecular formula is C97H114N18O21S3. The van der Waals surface area contributed by atoms with Crippen LogP contribution >= 0.6 is 22.7 Å². The van der Waals surface area contributed by atoms with Gasteiger partial charge in [-0.05, 0) is 109 Å². The lowest BCUT2D eigenvalue weighted by atomic mass is 9.91. The second kappa shape index (κ2) is 50.3. The van der Waals surface area contributed by atoms with Crippen molar-refractivity contribution < 1.29 is 93.7 Å². The van der Waals surface area contributed by atoms with Crippen LogP contribution in [0.4, 0.5) is 11.6 Å². The average molecular weight is 1960 g/mol. The van der Waals surface area contributed by atoms with Gasteiger partial charge in [0.2, 0.25) is 23.6 Å². The van der Waals surface area contributed by atoms with Crippen LogP contribution in [0.3, 0.4) is 0 Å². The number of ether oxygens (including phenoxy) is 9. The van der Waals surface area contributed by atoms with Gasteiger partial charge in [0.05, 0.1) is 146 Å². The van der Waals surface area contributed by atoms with Gasteiger partial charge in [0.1, 0.15) is 42.0 Å². The first-order valence-electron chi connectivity index (χ1n) is 45.0. The molecule has 0 radical (unpaired) electrons. The number of aromatic nitrogens is 12. The minimum atomic E-state index is -3.80. The Bertz CT molecular complexity index is 6340. The molecule has 9 N–H and O–H groups in total. The highest BCUT2D eigenvalue weighted by Gasteiger charge is 2.45. The number of aromatic amines is 1. The van der Waals surface area contributed by atoms with Crippen molar-refractivity contribution in [3.05, 3.63) is 231 Å². The maximum Gasteiger partial charge on any atom is 0.297 e. The van der Waals surface area contributed by atoms with Crippen LogP contribution in [0.25, 0.3) is 65.6 Å². The van der Waals surface area contributed by atoms with E-state index in [-0.39, 0.29) is 136 Å². The molecule has 2 saturated heterocycles. The monoisotopic (exact) mass is 1960 g/mol. The largest absolute Gasteiger partial charge is 0.473 e. The van der Waals surface area contributed by atoms with Gasteiger partial charge in [-0.3, -0.25) is 37.5 Å². The van der Waals surface area contributed by atoms with E-state index in [2.05, 4.69) is 61.5 Å². The standard InChI is InChI=1S/C45H53N9O9S.C28H33N5O7S.C24H28N4O5S/c1-28(2)41(45(57)54-25-33(55)19-37(54)44(56)47-22-30-9-11-31(12-10-30)42-29(3)48-26-64-42)39-21-40(52-63-39)61-18-17-60-16-15-59-14-13-53-24-32(23-49-53)35-20-36(50-51-43(35)46)34-7-5-6-8-38(34)62-27-58-4;1-21-7-9-23(10-8-21)41(34,35)40-16-15-38-14-13-37-12-11-33-19-22(18-30-33)25-17-26(31-32-28(25)29)24-5-3-4-6-27(24)39-20-36-2;1-13(2)21(19-9-20(30)27-33-19)24(32)28-11-17(29)8-18(28)23(31)25-10-15-4-6-16(7-5-15)22-14(3)26-12-34-22/h5-12,20-21,23-24,26,28,33,37,41,55H,13-19,22,25,27H2,1-4H3,(H2,46,51)(H,47,56);3-10,17-19H,11-16,20H2,1-2H3,(H2,29,32);4-7,9,12-13,17-18,21,29H,8,10-11H2,1-3H3,(H,25,31)(H,27,30)/t33-,37+,41?;;17-,18+,21?/m1.1/s1. The number of para-hydroxylation sites is 2. The number of rotatable bonds is 45. The molecule has 0 saturated carbocycles. The molecular weight excluding hydrogens is 1850 g/mol. The molecule has 8 aromatic heterocycles. The Kier molecular flexibility index (Phi) is 37.3. The zero-order chi connectivity index (χ0) is 98.5. The van der Waals surface area contributed by atoms with Crippen molar-refractivity contribution in [3.63, 3.8) is 0 Å². The fraction of sp³-hybridized carbons (Fsp3) is 0.381. The first kappa shape index (κ1) is 103. The predicted octanol–water partition coefficient (Wildman–Crippen LogP) is 10.9. The van der Waals surface area contributed by atoms with Gasteiger partial charge in [-0.25, -0.2) is 9.97 Å². The molecule has 6 atom stereocenters. The molecule has 10 heterocycles. The van der Waals surface area contributed by atoms with E-state index >= 15 is 0 Å². The Hall–Kier alpha value is -13.4. The molecule has 2 aliphatic rings. The van der Waals surface area contributed by atoms with Crippen molar-refractivity contribution in [2.75, 3.05) is 118 Å².